The van der Waals surface area contributed by atoms with Crippen molar-refractivity contribution in [2.45, 2.75) is 30.3 Å². The first kappa shape index (κ1) is 12.2. The van der Waals surface area contributed by atoms with Gasteiger partial charge in [-0.25, -0.2) is 9.40 Å². The minimum Gasteiger partial charge on any atom is -0.760 e. The fourth-order valence-corrected chi connectivity index (χ4v) is 4.19. The summed E-state index contributed by atoms with van der Waals surface area (Å²) in [5.41, 5.74) is 1.43. The standard InChI is InChI=1S/C12H14N4O3S/c1-19-8-2-3-10-9(4-8)13-15-16(10)12-5-11(6-12,7-12)14-20(17)18/h2-4,14H,5-7H2,1H3,(H,17,18)/p-1. The molecule has 2 bridgehead atoms. The smallest absolute Gasteiger partial charge is 0.121 e. The Morgan fingerprint density at radius 2 is 2.20 bits per heavy atom. The molecule has 0 saturated heterocycles. The molecule has 3 fully saturated rings. The molecule has 0 radical (unpaired) electrons. The number of hydrogen-bond acceptors (Lipinski definition) is 5. The summed E-state index contributed by atoms with van der Waals surface area (Å²) < 4.78 is 31.2. The lowest BCUT2D eigenvalue weighted by atomic mass is 9.44. The molecule has 106 valence electrons. The van der Waals surface area contributed by atoms with Crippen LogP contribution in [0.2, 0.25) is 0 Å². The van der Waals surface area contributed by atoms with E-state index >= 15 is 0 Å². The third-order valence-corrected chi connectivity index (χ3v) is 5.00. The Morgan fingerprint density at radius 3 is 2.85 bits per heavy atom. The second-order valence-corrected chi connectivity index (χ2v) is 6.40. The lowest BCUT2D eigenvalue weighted by Gasteiger charge is -2.70. The van der Waals surface area contributed by atoms with Crippen molar-refractivity contribution >= 4 is 22.3 Å². The summed E-state index contributed by atoms with van der Waals surface area (Å²) in [4.78, 5) is 0. The fraction of sp³-hybridized carbons (Fsp3) is 0.500. The van der Waals surface area contributed by atoms with Gasteiger partial charge >= 0.3 is 0 Å². The molecule has 1 unspecified atom stereocenters. The zero-order valence-corrected chi connectivity index (χ0v) is 11.6. The van der Waals surface area contributed by atoms with Crippen LogP contribution < -0.4 is 9.46 Å². The summed E-state index contributed by atoms with van der Waals surface area (Å²) >= 11 is -2.20. The van der Waals surface area contributed by atoms with Gasteiger partial charge in [0.1, 0.15) is 11.3 Å². The van der Waals surface area contributed by atoms with E-state index in [0.29, 0.717) is 0 Å². The van der Waals surface area contributed by atoms with Gasteiger partial charge in [0.15, 0.2) is 0 Å². The highest BCUT2D eigenvalue weighted by molar-refractivity contribution is 7.77. The topological polar surface area (TPSA) is 92.1 Å². The first-order valence-corrected chi connectivity index (χ1v) is 7.40. The number of aromatic nitrogens is 3. The molecule has 3 saturated carbocycles. The third-order valence-electron chi connectivity index (χ3n) is 4.40. The van der Waals surface area contributed by atoms with Crippen molar-refractivity contribution in [1.82, 2.24) is 19.7 Å². The van der Waals surface area contributed by atoms with Gasteiger partial charge in [0.2, 0.25) is 0 Å². The van der Waals surface area contributed by atoms with Crippen LogP contribution in [-0.4, -0.2) is 36.4 Å². The number of nitrogens with one attached hydrogen (secondary N) is 1. The SMILES string of the molecule is COc1ccc2c(c1)nnn2C12CC(NS(=O)[O-])(C1)C2. The van der Waals surface area contributed by atoms with Crippen LogP contribution in [0.3, 0.4) is 0 Å². The second-order valence-electron chi connectivity index (χ2n) is 5.73. The third kappa shape index (κ3) is 1.49. The van der Waals surface area contributed by atoms with Gasteiger partial charge < -0.3 is 9.29 Å². The van der Waals surface area contributed by atoms with Gasteiger partial charge in [0.25, 0.3) is 0 Å². The minimum absolute atomic E-state index is 0.0737. The number of ether oxygens (including phenoxy) is 1. The summed E-state index contributed by atoms with van der Waals surface area (Å²) in [6, 6.07) is 5.68. The van der Waals surface area contributed by atoms with E-state index < -0.39 is 11.3 Å². The lowest BCUT2D eigenvalue weighted by molar-refractivity contribution is -0.131. The highest BCUT2D eigenvalue weighted by Crippen LogP contribution is 2.65. The van der Waals surface area contributed by atoms with Crippen LogP contribution in [0.5, 0.6) is 5.75 Å². The van der Waals surface area contributed by atoms with Crippen molar-refractivity contribution in [1.29, 1.82) is 0 Å². The van der Waals surface area contributed by atoms with E-state index in [9.17, 15) is 8.76 Å². The molecular weight excluding hydrogens is 280 g/mol. The summed E-state index contributed by atoms with van der Waals surface area (Å²) in [5.74, 6) is 0.752. The predicted molar refractivity (Wildman–Crippen MR) is 70.7 cm³/mol. The van der Waals surface area contributed by atoms with Crippen molar-refractivity contribution in [3.8, 4) is 5.75 Å². The molecule has 7 nitrogen and oxygen atoms in total. The fourth-order valence-electron chi connectivity index (χ4n) is 3.62. The second kappa shape index (κ2) is 3.78. The van der Waals surface area contributed by atoms with Crippen LogP contribution >= 0.6 is 0 Å². The van der Waals surface area contributed by atoms with Crippen molar-refractivity contribution in [2.24, 2.45) is 0 Å². The Morgan fingerprint density at radius 1 is 1.45 bits per heavy atom. The minimum atomic E-state index is -2.20. The van der Waals surface area contributed by atoms with Crippen LogP contribution in [0.15, 0.2) is 18.2 Å². The number of nitrogens with zero attached hydrogens (tertiary/aromatic N) is 3. The Balaban J connectivity index is 1.64. The van der Waals surface area contributed by atoms with Crippen LogP contribution in [0.25, 0.3) is 11.0 Å². The monoisotopic (exact) mass is 293 g/mol. The van der Waals surface area contributed by atoms with Gasteiger partial charge in [-0.15, -0.1) is 5.10 Å². The Labute approximate surface area is 117 Å². The maximum atomic E-state index is 10.7. The normalized spacial score (nSPS) is 32.5. The van der Waals surface area contributed by atoms with Crippen LogP contribution in [0.4, 0.5) is 0 Å². The van der Waals surface area contributed by atoms with Crippen LogP contribution in [0, 0.1) is 0 Å². The summed E-state index contributed by atoms with van der Waals surface area (Å²) in [5, 5.41) is 8.42. The van der Waals surface area contributed by atoms with E-state index in [1.165, 1.54) is 0 Å². The summed E-state index contributed by atoms with van der Waals surface area (Å²) in [6.45, 7) is 0. The lowest BCUT2D eigenvalue weighted by Crippen LogP contribution is -2.78. The average Bonchev–Trinajstić information content (AvgIpc) is 2.74. The summed E-state index contributed by atoms with van der Waals surface area (Å²) in [7, 11) is 1.62. The highest BCUT2D eigenvalue weighted by Gasteiger charge is 2.70. The van der Waals surface area contributed by atoms with Crippen molar-refractivity contribution in [3.63, 3.8) is 0 Å². The van der Waals surface area contributed by atoms with Gasteiger partial charge in [-0.05, 0) is 31.4 Å². The van der Waals surface area contributed by atoms with Crippen LogP contribution in [-0.2, 0) is 16.8 Å². The first-order chi connectivity index (χ1) is 9.56. The molecule has 3 aliphatic carbocycles. The molecule has 1 atom stereocenters. The number of fused-ring (bicyclic) bond motifs is 1. The zero-order chi connectivity index (χ0) is 14.0. The molecule has 8 heteroatoms. The molecule has 1 aromatic heterocycles. The van der Waals surface area contributed by atoms with Gasteiger partial charge in [-0.2, -0.15) is 0 Å². The number of hydrogen-bond donors (Lipinski definition) is 1. The molecule has 1 N–H and O–H groups in total. The molecule has 0 aliphatic heterocycles. The molecule has 0 spiro atoms. The summed E-state index contributed by atoms with van der Waals surface area (Å²) in [6.07, 6.45) is 2.33. The van der Waals surface area contributed by atoms with E-state index in [-0.39, 0.29) is 11.1 Å². The predicted octanol–water partition coefficient (Wildman–Crippen LogP) is 0.455. The largest absolute Gasteiger partial charge is 0.760 e. The van der Waals surface area contributed by atoms with Gasteiger partial charge in [-0.3, -0.25) is 4.21 Å². The maximum absolute atomic E-state index is 10.7. The molecule has 3 aliphatic rings. The van der Waals surface area contributed by atoms with Crippen molar-refractivity contribution in [3.05, 3.63) is 18.2 Å². The Kier molecular flexibility index (Phi) is 2.31. The van der Waals surface area contributed by atoms with E-state index in [1.54, 1.807) is 7.11 Å². The van der Waals surface area contributed by atoms with E-state index in [0.717, 1.165) is 36.0 Å². The van der Waals surface area contributed by atoms with Crippen molar-refractivity contribution in [2.75, 3.05) is 7.11 Å². The molecular formula is C12H13N4O3S-. The molecule has 1 aromatic carbocycles. The first-order valence-electron chi connectivity index (χ1n) is 6.33. The number of rotatable bonds is 4. The number of methoxy groups -OCH3 is 1. The number of benzene rings is 1. The van der Waals surface area contributed by atoms with E-state index in [1.807, 2.05) is 22.9 Å². The van der Waals surface area contributed by atoms with Crippen LogP contribution in [0.1, 0.15) is 19.3 Å². The average molecular weight is 293 g/mol. The zero-order valence-electron chi connectivity index (χ0n) is 10.8. The quantitative estimate of drug-likeness (QED) is 0.827. The Bertz CT molecular complexity index is 709. The molecule has 20 heavy (non-hydrogen) atoms. The van der Waals surface area contributed by atoms with E-state index in [4.69, 9.17) is 4.74 Å². The Hall–Kier alpha value is -1.51. The molecule has 5 rings (SSSR count). The molecule has 0 amide bonds. The van der Waals surface area contributed by atoms with Gasteiger partial charge in [0.05, 0.1) is 18.2 Å². The molecule has 2 aromatic rings. The van der Waals surface area contributed by atoms with Crippen molar-refractivity contribution < 1.29 is 13.5 Å². The molecule has 1 heterocycles. The highest BCUT2D eigenvalue weighted by atomic mass is 32.2. The van der Waals surface area contributed by atoms with Gasteiger partial charge in [-0.1, -0.05) is 5.21 Å². The maximum Gasteiger partial charge on any atom is 0.121 e. The van der Waals surface area contributed by atoms with Gasteiger partial charge in [0, 0.05) is 22.9 Å². The van der Waals surface area contributed by atoms with E-state index in [2.05, 4.69) is 15.0 Å².